The van der Waals surface area contributed by atoms with E-state index in [0.717, 1.165) is 9.52 Å². The monoisotopic (exact) mass is 470 g/mol. The maximum absolute atomic E-state index is 2.59. The van der Waals surface area contributed by atoms with Crippen LogP contribution in [0.15, 0.2) is 21.5 Å². The molecule has 2 heteroatoms. The minimum atomic E-state index is -1.97. The molecule has 1 spiro atoms. The molecule has 0 unspecified atom stereocenters. The summed E-state index contributed by atoms with van der Waals surface area (Å²) in [6.07, 6.45) is 0. The van der Waals surface area contributed by atoms with E-state index >= 15 is 0 Å². The maximum atomic E-state index is 2.59. The Labute approximate surface area is 205 Å². The van der Waals surface area contributed by atoms with Gasteiger partial charge in [0.05, 0.1) is 9.52 Å². The SMILES string of the molecule is CC(C)(C)C1=C(C(C)(C)C)[Si]23C(C(C)(C)C)=C(C(C)(C)C)[C@@]2(C(C)(C)C)[Si][C@]13C(C)(C)C. The van der Waals surface area contributed by atoms with Crippen LogP contribution in [-0.4, -0.2) is 17.6 Å². The van der Waals surface area contributed by atoms with Gasteiger partial charge in [-0.05, 0) is 41.8 Å². The summed E-state index contributed by atoms with van der Waals surface area (Å²) in [6, 6.07) is 0. The Bertz CT molecular complexity index is 825. The molecule has 3 rings (SSSR count). The highest BCUT2D eigenvalue weighted by atomic mass is 28.4. The van der Waals surface area contributed by atoms with Gasteiger partial charge in [-0.3, -0.25) is 0 Å². The van der Waals surface area contributed by atoms with E-state index in [-0.39, 0.29) is 21.7 Å². The zero-order valence-corrected chi connectivity index (χ0v) is 27.0. The Morgan fingerprint density at radius 1 is 0.438 bits per heavy atom. The topological polar surface area (TPSA) is 0 Å². The zero-order chi connectivity index (χ0) is 25.5. The Morgan fingerprint density at radius 3 is 0.844 bits per heavy atom. The van der Waals surface area contributed by atoms with E-state index in [1.54, 1.807) is 0 Å². The first-order valence-corrected chi connectivity index (χ1v) is 16.0. The van der Waals surface area contributed by atoms with E-state index < -0.39 is 8.07 Å². The smallest absolute Gasteiger partial charge is 0.0697 e. The van der Waals surface area contributed by atoms with Gasteiger partial charge < -0.3 is 0 Å². The minimum absolute atomic E-state index is 0.227. The summed E-state index contributed by atoms with van der Waals surface area (Å²) in [5.41, 5.74) is 5.23. The second kappa shape index (κ2) is 6.18. The zero-order valence-electron chi connectivity index (χ0n) is 25.0. The predicted octanol–water partition coefficient (Wildman–Crippen LogP) is 9.52. The van der Waals surface area contributed by atoms with Crippen molar-refractivity contribution in [3.63, 3.8) is 0 Å². The van der Waals surface area contributed by atoms with E-state index in [0.29, 0.717) is 20.2 Å². The summed E-state index contributed by atoms with van der Waals surface area (Å²) in [7, 11) is -0.951. The van der Waals surface area contributed by atoms with Crippen LogP contribution in [0, 0.1) is 32.5 Å². The van der Waals surface area contributed by atoms with Crippen LogP contribution in [-0.2, 0) is 0 Å². The molecule has 2 radical (unpaired) electrons. The third kappa shape index (κ3) is 2.61. The molecule has 0 aromatic heterocycles. The fourth-order valence-corrected chi connectivity index (χ4v) is 25.9. The summed E-state index contributed by atoms with van der Waals surface area (Å²) in [5.74, 6) is 0. The normalized spacial score (nSPS) is 33.9. The molecule has 0 saturated carbocycles. The van der Waals surface area contributed by atoms with Crippen LogP contribution >= 0.6 is 0 Å². The molecule has 0 aromatic rings. The van der Waals surface area contributed by atoms with Gasteiger partial charge in [-0.15, -0.1) is 0 Å². The molecule has 182 valence electrons. The third-order valence-corrected chi connectivity index (χ3v) is 22.2. The molecule has 1 fully saturated rings. The second-order valence-electron chi connectivity index (χ2n) is 17.4. The number of rotatable bonds is 0. The fourth-order valence-electron chi connectivity index (χ4n) is 8.69. The summed E-state index contributed by atoms with van der Waals surface area (Å²) >= 11 is 0. The first-order chi connectivity index (χ1) is 13.7. The van der Waals surface area contributed by atoms with Crippen molar-refractivity contribution in [2.75, 3.05) is 0 Å². The highest BCUT2D eigenvalue weighted by Gasteiger charge is 2.95. The van der Waals surface area contributed by atoms with Crippen LogP contribution in [0.5, 0.6) is 0 Å². The molecule has 0 N–H and O–H groups in total. The van der Waals surface area contributed by atoms with Gasteiger partial charge in [0.25, 0.3) is 0 Å². The lowest BCUT2D eigenvalue weighted by atomic mass is 9.68. The molecule has 3 aliphatic rings. The third-order valence-electron chi connectivity index (χ3n) is 8.75. The van der Waals surface area contributed by atoms with Gasteiger partial charge in [-0.2, -0.15) is 0 Å². The molecule has 3 heterocycles. The Morgan fingerprint density at radius 2 is 0.688 bits per heavy atom. The second-order valence-corrected chi connectivity index (χ2v) is 24.1. The van der Waals surface area contributed by atoms with Crippen LogP contribution in [0.25, 0.3) is 0 Å². The van der Waals surface area contributed by atoms with Crippen LogP contribution in [0.1, 0.15) is 125 Å². The number of hydrogen-bond donors (Lipinski definition) is 0. The largest absolute Gasteiger partial charge is 0.124 e. The van der Waals surface area contributed by atoms with E-state index in [2.05, 4.69) is 125 Å². The molecular formula is C30H54Si2. The van der Waals surface area contributed by atoms with Gasteiger partial charge >= 0.3 is 0 Å². The van der Waals surface area contributed by atoms with E-state index in [9.17, 15) is 0 Å². The van der Waals surface area contributed by atoms with Gasteiger partial charge in [0.2, 0.25) is 0 Å². The molecular weight excluding hydrogens is 417 g/mol. The average Bonchev–Trinajstić information content (AvgIpc) is 2.35. The Hall–Kier alpha value is -0.0862. The van der Waals surface area contributed by atoms with Crippen molar-refractivity contribution in [3.05, 3.63) is 21.5 Å². The molecule has 2 atom stereocenters. The van der Waals surface area contributed by atoms with Crippen LogP contribution < -0.4 is 0 Å². The Kier molecular flexibility index (Phi) is 5.12. The van der Waals surface area contributed by atoms with Crippen molar-refractivity contribution in [1.82, 2.24) is 0 Å². The molecule has 32 heavy (non-hydrogen) atoms. The van der Waals surface area contributed by atoms with Crippen molar-refractivity contribution >= 4 is 17.6 Å². The summed E-state index contributed by atoms with van der Waals surface area (Å²) in [4.78, 5) is 0. The van der Waals surface area contributed by atoms with E-state index in [1.807, 2.05) is 21.5 Å². The van der Waals surface area contributed by atoms with Gasteiger partial charge in [-0.25, -0.2) is 0 Å². The molecule has 1 saturated heterocycles. The quantitative estimate of drug-likeness (QED) is 0.309. The summed E-state index contributed by atoms with van der Waals surface area (Å²) in [6.45, 7) is 45.8. The average molecular weight is 471 g/mol. The molecule has 0 aliphatic carbocycles. The Balaban J connectivity index is 2.66. The van der Waals surface area contributed by atoms with Gasteiger partial charge in [0.1, 0.15) is 8.07 Å². The van der Waals surface area contributed by atoms with E-state index in [4.69, 9.17) is 0 Å². The molecule has 0 aromatic carbocycles. The molecule has 0 bridgehead atoms. The number of allylic oxidation sites excluding steroid dienone is 4. The first kappa shape index (κ1) is 26.5. The predicted molar refractivity (Wildman–Crippen MR) is 148 cm³/mol. The minimum Gasteiger partial charge on any atom is -0.0697 e. The van der Waals surface area contributed by atoms with Crippen LogP contribution in [0.3, 0.4) is 0 Å². The van der Waals surface area contributed by atoms with Crippen molar-refractivity contribution in [3.8, 4) is 0 Å². The highest BCUT2D eigenvalue weighted by Crippen LogP contribution is 2.97. The lowest BCUT2D eigenvalue weighted by Gasteiger charge is -2.93. The number of hydrogen-bond acceptors (Lipinski definition) is 0. The van der Waals surface area contributed by atoms with Crippen molar-refractivity contribution in [2.45, 2.75) is 134 Å². The van der Waals surface area contributed by atoms with Gasteiger partial charge in [-0.1, -0.05) is 146 Å². The van der Waals surface area contributed by atoms with Crippen molar-refractivity contribution < 1.29 is 0 Å². The maximum Gasteiger partial charge on any atom is 0.124 e. The molecule has 0 amide bonds. The van der Waals surface area contributed by atoms with Crippen LogP contribution in [0.4, 0.5) is 0 Å². The highest BCUT2D eigenvalue weighted by molar-refractivity contribution is 7.22. The summed E-state index contributed by atoms with van der Waals surface area (Å²) in [5, 5.41) is 3.89. The summed E-state index contributed by atoms with van der Waals surface area (Å²) < 4.78 is 0.816. The van der Waals surface area contributed by atoms with Gasteiger partial charge in [0.15, 0.2) is 0 Å². The lowest BCUT2D eigenvalue weighted by Crippen LogP contribution is -2.94. The molecule has 3 aliphatic heterocycles. The van der Waals surface area contributed by atoms with Crippen molar-refractivity contribution in [2.24, 2.45) is 32.5 Å². The first-order valence-electron chi connectivity index (χ1n) is 13.0. The lowest BCUT2D eigenvalue weighted by molar-refractivity contribution is 0.196. The van der Waals surface area contributed by atoms with Gasteiger partial charge in [0, 0.05) is 0 Å². The van der Waals surface area contributed by atoms with Crippen molar-refractivity contribution in [1.29, 1.82) is 0 Å². The molecule has 0 nitrogen and oxygen atoms in total. The standard InChI is InChI=1S/C30H54Si2/c1-23(2,3)19-21(25(7,8)9)32-22(26(10,11)12)20(24(4,5)6)30(32,28(16,17)18)31-29(19,32)27(13,14)15/h1-18H3/t29-,30-,32?/m1/s1. The van der Waals surface area contributed by atoms with E-state index in [1.165, 1.54) is 0 Å². The van der Waals surface area contributed by atoms with Crippen LogP contribution in [0.2, 0.25) is 9.32 Å². The fraction of sp³-hybridized carbons (Fsp3) is 0.867.